The van der Waals surface area contributed by atoms with Gasteiger partial charge in [0.05, 0.1) is 18.0 Å². The second-order valence-electron chi connectivity index (χ2n) is 6.39. The van der Waals surface area contributed by atoms with Gasteiger partial charge < -0.3 is 0 Å². The lowest BCUT2D eigenvalue weighted by molar-refractivity contribution is 0.657. The van der Waals surface area contributed by atoms with Crippen molar-refractivity contribution in [2.45, 2.75) is 19.3 Å². The van der Waals surface area contributed by atoms with Gasteiger partial charge in [0.25, 0.3) is 0 Å². The molecule has 0 spiro atoms. The first-order valence-corrected chi connectivity index (χ1v) is 8.06. The van der Waals surface area contributed by atoms with E-state index in [2.05, 4.69) is 40.8 Å². The van der Waals surface area contributed by atoms with Crippen LogP contribution in [-0.4, -0.2) is 9.97 Å². The van der Waals surface area contributed by atoms with Gasteiger partial charge >= 0.3 is 0 Å². The van der Waals surface area contributed by atoms with Crippen LogP contribution in [0.5, 0.6) is 0 Å². The summed E-state index contributed by atoms with van der Waals surface area (Å²) < 4.78 is 0. The Hall–Kier alpha value is -2.70. The average molecular weight is 332 g/mol. The third-order valence-corrected chi connectivity index (χ3v) is 4.80. The maximum atomic E-state index is 7.10. The number of aromatic nitrogens is 2. The lowest BCUT2D eigenvalue weighted by Gasteiger charge is -2.23. The minimum absolute atomic E-state index is 0.204. The van der Waals surface area contributed by atoms with Crippen molar-refractivity contribution in [2.24, 2.45) is 0 Å². The summed E-state index contributed by atoms with van der Waals surface area (Å²) >= 11 is 6.23. The lowest BCUT2D eigenvalue weighted by Crippen LogP contribution is -2.17. The van der Waals surface area contributed by atoms with Crippen molar-refractivity contribution < 1.29 is 0 Å². The van der Waals surface area contributed by atoms with Crippen LogP contribution in [0.1, 0.15) is 25.0 Å². The summed E-state index contributed by atoms with van der Waals surface area (Å²) in [5.41, 5.74) is 6.52. The van der Waals surface area contributed by atoms with E-state index in [1.807, 2.05) is 24.3 Å². The Morgan fingerprint density at radius 1 is 0.958 bits per heavy atom. The summed E-state index contributed by atoms with van der Waals surface area (Å²) in [5.74, 6) is 0. The minimum atomic E-state index is -0.204. The zero-order valence-corrected chi connectivity index (χ0v) is 14.1. The van der Waals surface area contributed by atoms with Gasteiger partial charge in [-0.2, -0.15) is 0 Å². The molecule has 0 saturated carbocycles. The lowest BCUT2D eigenvalue weighted by atomic mass is 9.81. The zero-order chi connectivity index (χ0) is 16.9. The SMILES string of the molecule is [C-]#[N+]c1ccc(-c2nc(Cl)nc3c2C(C)(C)c2ccccc2-3)cc1. The van der Waals surface area contributed by atoms with Crippen molar-refractivity contribution in [3.8, 4) is 22.5 Å². The molecule has 116 valence electrons. The summed E-state index contributed by atoms with van der Waals surface area (Å²) in [6, 6.07) is 15.7. The van der Waals surface area contributed by atoms with Crippen molar-refractivity contribution in [1.82, 2.24) is 9.97 Å². The van der Waals surface area contributed by atoms with Gasteiger partial charge in [0.15, 0.2) is 5.69 Å². The Kier molecular flexibility index (Phi) is 3.19. The molecule has 4 heteroatoms. The highest BCUT2D eigenvalue weighted by molar-refractivity contribution is 6.28. The molecular formula is C20H14ClN3. The van der Waals surface area contributed by atoms with Crippen molar-refractivity contribution in [1.29, 1.82) is 0 Å². The number of fused-ring (bicyclic) bond motifs is 3. The molecule has 0 radical (unpaired) electrons. The molecule has 0 atom stereocenters. The molecule has 0 aliphatic heterocycles. The highest BCUT2D eigenvalue weighted by atomic mass is 35.5. The molecular weight excluding hydrogens is 318 g/mol. The number of nitrogens with zero attached hydrogens (tertiary/aromatic N) is 3. The van der Waals surface area contributed by atoms with E-state index in [-0.39, 0.29) is 10.7 Å². The molecule has 0 fully saturated rings. The van der Waals surface area contributed by atoms with Crippen LogP contribution in [0.2, 0.25) is 5.28 Å². The Balaban J connectivity index is 2.02. The third-order valence-electron chi connectivity index (χ3n) is 4.63. The molecule has 0 bridgehead atoms. The molecule has 2 aromatic carbocycles. The molecule has 3 aromatic rings. The zero-order valence-electron chi connectivity index (χ0n) is 13.3. The van der Waals surface area contributed by atoms with Crippen molar-refractivity contribution >= 4 is 17.3 Å². The Labute approximate surface area is 145 Å². The average Bonchev–Trinajstić information content (AvgIpc) is 2.82. The highest BCUT2D eigenvalue weighted by Crippen LogP contribution is 2.50. The summed E-state index contributed by atoms with van der Waals surface area (Å²) in [7, 11) is 0. The number of hydrogen-bond acceptors (Lipinski definition) is 2. The fourth-order valence-corrected chi connectivity index (χ4v) is 3.66. The van der Waals surface area contributed by atoms with Gasteiger partial charge in [0.1, 0.15) is 0 Å². The molecule has 0 unspecified atom stereocenters. The van der Waals surface area contributed by atoms with Crippen molar-refractivity contribution in [3.05, 3.63) is 76.4 Å². The molecule has 1 aliphatic rings. The van der Waals surface area contributed by atoms with Gasteiger partial charge in [-0.25, -0.2) is 14.8 Å². The Bertz CT molecular complexity index is 998. The second-order valence-corrected chi connectivity index (χ2v) is 6.73. The van der Waals surface area contributed by atoms with Gasteiger partial charge in [-0.05, 0) is 22.7 Å². The molecule has 0 amide bonds. The maximum absolute atomic E-state index is 7.10. The van der Waals surface area contributed by atoms with Gasteiger partial charge in [0.2, 0.25) is 5.28 Å². The monoisotopic (exact) mass is 331 g/mol. The van der Waals surface area contributed by atoms with E-state index in [1.165, 1.54) is 5.56 Å². The minimum Gasteiger partial charge on any atom is -0.238 e. The first-order valence-electron chi connectivity index (χ1n) is 7.68. The number of benzene rings is 2. The number of hydrogen-bond donors (Lipinski definition) is 0. The normalized spacial score (nSPS) is 13.9. The first kappa shape index (κ1) is 14.9. The van der Waals surface area contributed by atoms with Crippen molar-refractivity contribution in [3.63, 3.8) is 0 Å². The van der Waals surface area contributed by atoms with Crippen LogP contribution >= 0.6 is 11.6 Å². The molecule has 4 rings (SSSR count). The number of halogens is 1. The maximum Gasteiger partial charge on any atom is 0.223 e. The molecule has 3 nitrogen and oxygen atoms in total. The summed E-state index contributed by atoms with van der Waals surface area (Å²) in [4.78, 5) is 12.5. The van der Waals surface area contributed by atoms with Crippen molar-refractivity contribution in [2.75, 3.05) is 0 Å². The quantitative estimate of drug-likeness (QED) is 0.426. The molecule has 24 heavy (non-hydrogen) atoms. The Morgan fingerprint density at radius 2 is 1.62 bits per heavy atom. The standard InChI is InChI=1S/C20H14ClN3/c1-20(2)15-7-5-4-6-14(15)18-16(20)17(23-19(21)24-18)12-8-10-13(22-3)11-9-12/h4-11H,1-2H3. The second kappa shape index (κ2) is 5.15. The van der Waals surface area contributed by atoms with E-state index in [9.17, 15) is 0 Å². The smallest absolute Gasteiger partial charge is 0.223 e. The predicted molar refractivity (Wildman–Crippen MR) is 96.3 cm³/mol. The van der Waals surface area contributed by atoms with E-state index in [4.69, 9.17) is 18.2 Å². The van der Waals surface area contributed by atoms with Crippen LogP contribution in [0.15, 0.2) is 48.5 Å². The van der Waals surface area contributed by atoms with Crippen LogP contribution in [0.3, 0.4) is 0 Å². The van der Waals surface area contributed by atoms with Gasteiger partial charge in [0, 0.05) is 16.5 Å². The van der Waals surface area contributed by atoms with Crippen LogP contribution in [0.25, 0.3) is 27.4 Å². The van der Waals surface area contributed by atoms with Crippen LogP contribution in [0.4, 0.5) is 5.69 Å². The molecule has 0 saturated heterocycles. The fraction of sp³-hybridized carbons (Fsp3) is 0.150. The third kappa shape index (κ3) is 2.04. The largest absolute Gasteiger partial charge is 0.238 e. The van der Waals surface area contributed by atoms with E-state index in [0.717, 1.165) is 28.1 Å². The number of rotatable bonds is 1. The Morgan fingerprint density at radius 3 is 2.33 bits per heavy atom. The summed E-state index contributed by atoms with van der Waals surface area (Å²) in [6.45, 7) is 11.5. The predicted octanol–water partition coefficient (Wildman–Crippen LogP) is 5.65. The molecule has 0 N–H and O–H groups in total. The molecule has 1 heterocycles. The van der Waals surface area contributed by atoms with E-state index < -0.39 is 0 Å². The van der Waals surface area contributed by atoms with Crippen LogP contribution in [-0.2, 0) is 5.41 Å². The van der Waals surface area contributed by atoms with Gasteiger partial charge in [-0.3, -0.25) is 0 Å². The highest BCUT2D eigenvalue weighted by Gasteiger charge is 2.39. The van der Waals surface area contributed by atoms with Crippen LogP contribution in [0, 0.1) is 6.57 Å². The fourth-order valence-electron chi connectivity index (χ4n) is 3.49. The van der Waals surface area contributed by atoms with Gasteiger partial charge in [-0.1, -0.05) is 62.4 Å². The summed E-state index contributed by atoms with van der Waals surface area (Å²) in [6.07, 6.45) is 0. The van der Waals surface area contributed by atoms with Crippen LogP contribution < -0.4 is 0 Å². The summed E-state index contributed by atoms with van der Waals surface area (Å²) in [5, 5.41) is 0.241. The molecule has 1 aliphatic carbocycles. The van der Waals surface area contributed by atoms with Gasteiger partial charge in [-0.15, -0.1) is 0 Å². The first-order chi connectivity index (χ1) is 11.5. The molecule has 1 aromatic heterocycles. The van der Waals surface area contributed by atoms with E-state index in [1.54, 1.807) is 12.1 Å². The van der Waals surface area contributed by atoms with E-state index in [0.29, 0.717) is 5.69 Å². The van der Waals surface area contributed by atoms with E-state index >= 15 is 0 Å². The topological polar surface area (TPSA) is 30.1 Å².